The monoisotopic (exact) mass is 284 g/mol. The molecule has 4 heteroatoms. The summed E-state index contributed by atoms with van der Waals surface area (Å²) in [5, 5.41) is 4.33. The predicted octanol–water partition coefficient (Wildman–Crippen LogP) is 2.86. The van der Waals surface area contributed by atoms with Crippen molar-refractivity contribution in [2.24, 2.45) is 5.41 Å². The third kappa shape index (κ3) is 2.14. The van der Waals surface area contributed by atoms with E-state index in [0.29, 0.717) is 11.5 Å². The number of H-pyrrole nitrogens is 1. The minimum Gasteiger partial charge on any atom is -0.381 e. The molecule has 1 amide bonds. The molecule has 110 valence electrons. The highest BCUT2D eigenvalue weighted by Crippen LogP contribution is 2.48. The Labute approximate surface area is 123 Å². The molecule has 0 bridgehead atoms. The van der Waals surface area contributed by atoms with Gasteiger partial charge in [-0.25, -0.2) is 0 Å². The first kappa shape index (κ1) is 12.9. The molecule has 2 fully saturated rings. The highest BCUT2D eigenvalue weighted by Gasteiger charge is 2.47. The van der Waals surface area contributed by atoms with E-state index in [9.17, 15) is 4.79 Å². The molecule has 2 aromatic rings. The molecule has 1 atom stereocenters. The lowest BCUT2D eigenvalue weighted by Crippen LogP contribution is -2.57. The van der Waals surface area contributed by atoms with Gasteiger partial charge in [-0.3, -0.25) is 4.79 Å². The van der Waals surface area contributed by atoms with E-state index in [0.717, 1.165) is 48.9 Å². The molecule has 1 saturated heterocycles. The number of aromatic nitrogens is 1. The number of amides is 1. The number of fused-ring (bicyclic) bond motifs is 1. The van der Waals surface area contributed by atoms with Crippen LogP contribution in [0.4, 0.5) is 0 Å². The van der Waals surface area contributed by atoms with Gasteiger partial charge in [-0.05, 0) is 55.4 Å². The van der Waals surface area contributed by atoms with E-state index >= 15 is 0 Å². The summed E-state index contributed by atoms with van der Waals surface area (Å²) in [5.74, 6) is 0.0497. The molecule has 2 heterocycles. The van der Waals surface area contributed by atoms with Gasteiger partial charge in [-0.1, -0.05) is 0 Å². The van der Waals surface area contributed by atoms with E-state index in [2.05, 4.69) is 10.3 Å². The van der Waals surface area contributed by atoms with E-state index in [-0.39, 0.29) is 5.91 Å². The fourth-order valence-electron chi connectivity index (χ4n) is 3.73. The quantitative estimate of drug-likeness (QED) is 0.891. The van der Waals surface area contributed by atoms with Crippen molar-refractivity contribution in [3.05, 3.63) is 36.0 Å². The van der Waals surface area contributed by atoms with Gasteiger partial charge in [0.1, 0.15) is 0 Å². The second kappa shape index (κ2) is 4.88. The van der Waals surface area contributed by atoms with Gasteiger partial charge in [0.15, 0.2) is 0 Å². The van der Waals surface area contributed by atoms with Crippen LogP contribution >= 0.6 is 0 Å². The second-order valence-electron chi connectivity index (χ2n) is 6.32. The molecule has 1 saturated carbocycles. The molecule has 1 aliphatic heterocycles. The predicted molar refractivity (Wildman–Crippen MR) is 81.3 cm³/mol. The van der Waals surface area contributed by atoms with Crippen LogP contribution < -0.4 is 5.32 Å². The number of benzene rings is 1. The maximum atomic E-state index is 12.5. The normalized spacial score (nSPS) is 23.9. The van der Waals surface area contributed by atoms with Crippen LogP contribution in [-0.2, 0) is 4.74 Å². The molecular weight excluding hydrogens is 264 g/mol. The van der Waals surface area contributed by atoms with E-state index < -0.39 is 0 Å². The van der Waals surface area contributed by atoms with Crippen LogP contribution in [0.5, 0.6) is 0 Å². The highest BCUT2D eigenvalue weighted by atomic mass is 16.5. The Morgan fingerprint density at radius 3 is 2.86 bits per heavy atom. The lowest BCUT2D eigenvalue weighted by molar-refractivity contribution is -0.0523. The first-order valence-corrected chi connectivity index (χ1v) is 7.73. The summed E-state index contributed by atoms with van der Waals surface area (Å²) in [6, 6.07) is 8.13. The van der Waals surface area contributed by atoms with Gasteiger partial charge >= 0.3 is 0 Å². The zero-order chi connectivity index (χ0) is 14.3. The number of hydrogen-bond acceptors (Lipinski definition) is 2. The molecule has 1 unspecified atom stereocenters. The van der Waals surface area contributed by atoms with Crippen LogP contribution in [0, 0.1) is 5.41 Å². The van der Waals surface area contributed by atoms with Gasteiger partial charge in [0.2, 0.25) is 0 Å². The lowest BCUT2D eigenvalue weighted by Gasteiger charge is -2.52. The molecule has 0 radical (unpaired) electrons. The van der Waals surface area contributed by atoms with Crippen molar-refractivity contribution in [2.45, 2.75) is 31.7 Å². The summed E-state index contributed by atoms with van der Waals surface area (Å²) < 4.78 is 5.46. The van der Waals surface area contributed by atoms with Crippen LogP contribution in [-0.4, -0.2) is 30.1 Å². The van der Waals surface area contributed by atoms with E-state index in [1.54, 1.807) is 0 Å². The summed E-state index contributed by atoms with van der Waals surface area (Å²) in [6.45, 7) is 1.67. The summed E-state index contributed by atoms with van der Waals surface area (Å²) in [4.78, 5) is 15.6. The molecule has 2 N–H and O–H groups in total. The zero-order valence-electron chi connectivity index (χ0n) is 12.0. The lowest BCUT2D eigenvalue weighted by atomic mass is 9.60. The number of carbonyl (C=O) groups is 1. The van der Waals surface area contributed by atoms with E-state index in [4.69, 9.17) is 4.74 Å². The topological polar surface area (TPSA) is 54.1 Å². The standard InChI is InChI=1S/C17H20N2O2/c20-16(13-1-2-14-12(11-13)4-8-18-14)19-15-3-5-17(15)6-9-21-10-7-17/h1-2,4,8,11,15,18H,3,5-7,9-10H2,(H,19,20). The first-order chi connectivity index (χ1) is 10.3. The van der Waals surface area contributed by atoms with E-state index in [1.165, 1.54) is 6.42 Å². The van der Waals surface area contributed by atoms with Crippen molar-refractivity contribution in [2.75, 3.05) is 13.2 Å². The second-order valence-corrected chi connectivity index (χ2v) is 6.32. The molecule has 1 spiro atoms. The largest absolute Gasteiger partial charge is 0.381 e. The summed E-state index contributed by atoms with van der Waals surface area (Å²) in [5.41, 5.74) is 2.11. The Kier molecular flexibility index (Phi) is 3.00. The highest BCUT2D eigenvalue weighted by molar-refractivity contribution is 5.98. The Morgan fingerprint density at radius 1 is 1.24 bits per heavy atom. The van der Waals surface area contributed by atoms with E-state index in [1.807, 2.05) is 30.5 Å². The Bertz CT molecular complexity index is 670. The van der Waals surface area contributed by atoms with Crippen LogP contribution in [0.15, 0.2) is 30.5 Å². The maximum absolute atomic E-state index is 12.5. The molecule has 1 aromatic heterocycles. The third-order valence-corrected chi connectivity index (χ3v) is 5.28. The van der Waals surface area contributed by atoms with Gasteiger partial charge in [0.05, 0.1) is 0 Å². The summed E-state index contributed by atoms with van der Waals surface area (Å²) in [6.07, 6.45) is 6.37. The van der Waals surface area contributed by atoms with Gasteiger partial charge in [0, 0.05) is 41.9 Å². The maximum Gasteiger partial charge on any atom is 0.251 e. The number of hydrogen-bond donors (Lipinski definition) is 2. The van der Waals surface area contributed by atoms with Crippen LogP contribution in [0.2, 0.25) is 0 Å². The van der Waals surface area contributed by atoms with Gasteiger partial charge in [-0.15, -0.1) is 0 Å². The third-order valence-electron chi connectivity index (χ3n) is 5.28. The van der Waals surface area contributed by atoms with Crippen molar-refractivity contribution < 1.29 is 9.53 Å². The molecule has 4 rings (SSSR count). The average molecular weight is 284 g/mol. The van der Waals surface area contributed by atoms with Gasteiger partial charge in [-0.2, -0.15) is 0 Å². The molecule has 2 aliphatic rings. The molecule has 1 aliphatic carbocycles. The number of nitrogens with one attached hydrogen (secondary N) is 2. The average Bonchev–Trinajstić information content (AvgIpc) is 2.99. The Morgan fingerprint density at radius 2 is 2.10 bits per heavy atom. The first-order valence-electron chi connectivity index (χ1n) is 7.73. The van der Waals surface area contributed by atoms with Crippen LogP contribution in [0.3, 0.4) is 0 Å². The van der Waals surface area contributed by atoms with Crippen molar-refractivity contribution in [3.8, 4) is 0 Å². The van der Waals surface area contributed by atoms with Gasteiger partial charge in [0.25, 0.3) is 5.91 Å². The molecule has 21 heavy (non-hydrogen) atoms. The molecule has 4 nitrogen and oxygen atoms in total. The van der Waals surface area contributed by atoms with Crippen molar-refractivity contribution in [3.63, 3.8) is 0 Å². The van der Waals surface area contributed by atoms with Crippen molar-refractivity contribution in [1.29, 1.82) is 0 Å². The SMILES string of the molecule is O=C(NC1CCC12CCOCC2)c1ccc2[nH]ccc2c1. The van der Waals surface area contributed by atoms with Crippen molar-refractivity contribution in [1.82, 2.24) is 10.3 Å². The fourth-order valence-corrected chi connectivity index (χ4v) is 3.73. The molecule has 1 aromatic carbocycles. The number of ether oxygens (including phenoxy) is 1. The number of rotatable bonds is 2. The van der Waals surface area contributed by atoms with Crippen molar-refractivity contribution >= 4 is 16.8 Å². The number of aromatic amines is 1. The fraction of sp³-hybridized carbons (Fsp3) is 0.471. The number of carbonyl (C=O) groups excluding carboxylic acids is 1. The summed E-state index contributed by atoms with van der Waals surface area (Å²) in [7, 11) is 0. The summed E-state index contributed by atoms with van der Waals surface area (Å²) >= 11 is 0. The Hall–Kier alpha value is -1.81. The molecular formula is C17H20N2O2. The minimum absolute atomic E-state index is 0.0497. The zero-order valence-corrected chi connectivity index (χ0v) is 12.0. The minimum atomic E-state index is 0.0497. The van der Waals surface area contributed by atoms with Crippen LogP contribution in [0.25, 0.3) is 10.9 Å². The Balaban J connectivity index is 1.50. The van der Waals surface area contributed by atoms with Gasteiger partial charge < -0.3 is 15.0 Å². The smallest absolute Gasteiger partial charge is 0.251 e. The van der Waals surface area contributed by atoms with Crippen LogP contribution in [0.1, 0.15) is 36.0 Å².